The van der Waals surface area contributed by atoms with Crippen LogP contribution in [0.15, 0.2) is 186 Å². The third-order valence-electron chi connectivity index (χ3n) is 10.3. The van der Waals surface area contributed by atoms with Crippen LogP contribution in [0.3, 0.4) is 0 Å². The van der Waals surface area contributed by atoms with Crippen molar-refractivity contribution in [2.45, 2.75) is 0 Å². The summed E-state index contributed by atoms with van der Waals surface area (Å²) in [5.74, 6) is 0. The number of fused-ring (bicyclic) bond motifs is 10. The van der Waals surface area contributed by atoms with Gasteiger partial charge in [-0.25, -0.2) is 0 Å². The molecule has 0 radical (unpaired) electrons. The van der Waals surface area contributed by atoms with Gasteiger partial charge in [-0.2, -0.15) is 0 Å². The van der Waals surface area contributed by atoms with E-state index in [1.807, 2.05) is 91.0 Å². The average Bonchev–Trinajstić information content (AvgIpc) is 3.66. The summed E-state index contributed by atoms with van der Waals surface area (Å²) < 4.78 is 79.6. The number of furan rings is 1. The van der Waals surface area contributed by atoms with E-state index in [4.69, 9.17) is 9.90 Å². The first-order chi connectivity index (χ1) is 28.6. The minimum atomic E-state index is -0.434. The van der Waals surface area contributed by atoms with Crippen LogP contribution in [0.1, 0.15) is 11.0 Å². The highest BCUT2D eigenvalue weighted by Gasteiger charge is 2.19. The zero-order valence-corrected chi connectivity index (χ0v) is 27.1. The fourth-order valence-corrected chi connectivity index (χ4v) is 7.90. The van der Waals surface area contributed by atoms with Crippen molar-refractivity contribution >= 4 is 75.8 Å². The van der Waals surface area contributed by atoms with Crippen molar-refractivity contribution in [2.24, 2.45) is 0 Å². The van der Waals surface area contributed by atoms with Gasteiger partial charge >= 0.3 is 0 Å². The second-order valence-electron chi connectivity index (χ2n) is 13.0. The van der Waals surface area contributed by atoms with Crippen molar-refractivity contribution < 1.29 is 15.4 Å². The zero-order valence-electron chi connectivity index (χ0n) is 35.1. The van der Waals surface area contributed by atoms with Gasteiger partial charge in [-0.1, -0.05) is 151 Å². The van der Waals surface area contributed by atoms with Crippen molar-refractivity contribution in [1.82, 2.24) is 0 Å². The quantitative estimate of drug-likeness (QED) is 0.136. The summed E-state index contributed by atoms with van der Waals surface area (Å²) in [5, 5.41) is 8.27. The van der Waals surface area contributed by atoms with Gasteiger partial charge in [0.2, 0.25) is 0 Å². The average molecular weight is 655 g/mol. The van der Waals surface area contributed by atoms with Crippen molar-refractivity contribution in [3.05, 3.63) is 182 Å². The van der Waals surface area contributed by atoms with Gasteiger partial charge in [0.1, 0.15) is 11.2 Å². The molecule has 1 heteroatoms. The Morgan fingerprint density at radius 2 is 0.863 bits per heavy atom. The topological polar surface area (TPSA) is 13.1 Å². The van der Waals surface area contributed by atoms with Crippen LogP contribution in [0.5, 0.6) is 0 Å². The Kier molecular flexibility index (Phi) is 4.57. The fourth-order valence-electron chi connectivity index (χ4n) is 7.90. The van der Waals surface area contributed by atoms with Crippen LogP contribution >= 0.6 is 0 Å². The molecule has 11 rings (SSSR count). The molecule has 0 unspecified atom stereocenters. The molecule has 1 nitrogen and oxygen atoms in total. The van der Waals surface area contributed by atoms with Gasteiger partial charge in [0.05, 0.1) is 11.0 Å². The SMILES string of the molecule is [2H]c1c([2H])c([2H])c2c(-c3ccc4oc5c6ccccc6ccc5c4c3)c3c([2H])c([2H])c([2H])c([2H])c3c(-c3ccc4c(ccc5cc(-c6ccccc6)ccc54)c3)c2c1[2H]. The number of hydrogen-bond donors (Lipinski definition) is 0. The Morgan fingerprint density at radius 1 is 0.333 bits per heavy atom. The maximum Gasteiger partial charge on any atom is 0.143 e. The lowest BCUT2D eigenvalue weighted by Crippen LogP contribution is -1.91. The summed E-state index contributed by atoms with van der Waals surface area (Å²) in [6.07, 6.45) is 0. The summed E-state index contributed by atoms with van der Waals surface area (Å²) >= 11 is 0. The van der Waals surface area contributed by atoms with Gasteiger partial charge in [0.15, 0.2) is 0 Å². The lowest BCUT2D eigenvalue weighted by molar-refractivity contribution is 0.672. The first-order valence-electron chi connectivity index (χ1n) is 20.9. The summed E-state index contributed by atoms with van der Waals surface area (Å²) in [5.41, 5.74) is 5.27. The van der Waals surface area contributed by atoms with E-state index < -0.39 is 24.2 Å². The highest BCUT2D eigenvalue weighted by Crippen LogP contribution is 2.46. The molecular formula is C50H30O. The molecule has 0 fully saturated rings. The Balaban J connectivity index is 1.24. The van der Waals surface area contributed by atoms with Gasteiger partial charge in [-0.05, 0) is 112 Å². The molecular weight excluding hydrogens is 617 g/mol. The first-order valence-corrected chi connectivity index (χ1v) is 16.9. The van der Waals surface area contributed by atoms with Gasteiger partial charge in [-0.15, -0.1) is 0 Å². The standard InChI is InChI=1S/C50H30O/c1-2-10-31(11-3-1)33-21-24-38-34(28-33)18-19-35-29-36(22-25-39(35)38)48-41-14-6-8-16-43(41)49(44-17-9-7-15-42(44)48)37-23-27-47-46(30-37)45-26-20-32-12-4-5-13-40(32)50(45)51-47/h1-30H/i6D,7D,8D,9D,14D,15D,16D,17D. The molecule has 51 heavy (non-hydrogen) atoms. The van der Waals surface area contributed by atoms with Crippen molar-refractivity contribution in [3.8, 4) is 33.4 Å². The van der Waals surface area contributed by atoms with Crippen LogP contribution in [0, 0.1) is 0 Å². The van der Waals surface area contributed by atoms with Gasteiger partial charge in [0, 0.05) is 16.2 Å². The highest BCUT2D eigenvalue weighted by molar-refractivity contribution is 6.23. The molecule has 0 aliphatic carbocycles. The maximum atomic E-state index is 9.43. The van der Waals surface area contributed by atoms with E-state index in [9.17, 15) is 5.48 Å². The number of benzene rings is 10. The molecule has 0 amide bonds. The monoisotopic (exact) mass is 654 g/mol. The van der Waals surface area contributed by atoms with E-state index in [2.05, 4.69) is 36.4 Å². The van der Waals surface area contributed by atoms with Crippen LogP contribution in [0.2, 0.25) is 0 Å². The number of rotatable bonds is 3. The molecule has 0 aliphatic rings. The second-order valence-corrected chi connectivity index (χ2v) is 13.0. The molecule has 0 bridgehead atoms. The van der Waals surface area contributed by atoms with Crippen LogP contribution in [0.25, 0.3) is 109 Å². The van der Waals surface area contributed by atoms with E-state index >= 15 is 0 Å². The molecule has 0 saturated heterocycles. The summed E-state index contributed by atoms with van der Waals surface area (Å²) in [4.78, 5) is 0. The fraction of sp³-hybridized carbons (Fsp3) is 0. The molecule has 1 heterocycles. The van der Waals surface area contributed by atoms with Gasteiger partial charge in [0.25, 0.3) is 0 Å². The van der Waals surface area contributed by atoms with E-state index in [-0.39, 0.29) is 45.7 Å². The second kappa shape index (κ2) is 10.9. The lowest BCUT2D eigenvalue weighted by atomic mass is 9.85. The minimum absolute atomic E-state index is 0.174. The largest absolute Gasteiger partial charge is 0.455 e. The van der Waals surface area contributed by atoms with Crippen LogP contribution in [-0.2, 0) is 0 Å². The van der Waals surface area contributed by atoms with Crippen molar-refractivity contribution in [2.75, 3.05) is 0 Å². The van der Waals surface area contributed by atoms with E-state index in [0.29, 0.717) is 33.4 Å². The molecule has 11 aromatic rings. The van der Waals surface area contributed by atoms with Gasteiger partial charge in [-0.3, -0.25) is 0 Å². The molecule has 0 N–H and O–H groups in total. The Morgan fingerprint density at radius 3 is 1.55 bits per heavy atom. The maximum absolute atomic E-state index is 9.43. The summed E-state index contributed by atoms with van der Waals surface area (Å²) in [7, 11) is 0. The predicted molar refractivity (Wildman–Crippen MR) is 218 cm³/mol. The third kappa shape index (κ3) is 4.28. The van der Waals surface area contributed by atoms with Crippen molar-refractivity contribution in [1.29, 1.82) is 0 Å². The normalized spacial score (nSPS) is 14.1. The molecule has 0 aliphatic heterocycles. The third-order valence-corrected chi connectivity index (χ3v) is 10.3. The Hall–Kier alpha value is -6.70. The van der Waals surface area contributed by atoms with Crippen molar-refractivity contribution in [3.63, 3.8) is 0 Å². The van der Waals surface area contributed by atoms with E-state index in [0.717, 1.165) is 54.2 Å². The predicted octanol–water partition coefficient (Wildman–Crippen LogP) is 14.4. The smallest absolute Gasteiger partial charge is 0.143 e. The molecule has 0 atom stereocenters. The first kappa shape index (κ1) is 21.4. The molecule has 0 spiro atoms. The van der Waals surface area contributed by atoms with E-state index in [1.54, 1.807) is 6.07 Å². The summed E-state index contributed by atoms with van der Waals surface area (Å²) in [6, 6.07) is 41.1. The highest BCUT2D eigenvalue weighted by atomic mass is 16.3. The molecule has 1 aromatic heterocycles. The zero-order chi connectivity index (χ0) is 40.4. The number of hydrogen-bond acceptors (Lipinski definition) is 1. The molecule has 236 valence electrons. The van der Waals surface area contributed by atoms with Crippen LogP contribution in [-0.4, -0.2) is 0 Å². The van der Waals surface area contributed by atoms with Gasteiger partial charge < -0.3 is 4.42 Å². The molecule has 10 aromatic carbocycles. The Bertz CT molecular complexity index is 3570. The summed E-state index contributed by atoms with van der Waals surface area (Å²) in [6.45, 7) is 0. The molecule has 0 saturated carbocycles. The minimum Gasteiger partial charge on any atom is -0.455 e. The van der Waals surface area contributed by atoms with E-state index in [1.165, 1.54) is 0 Å². The van der Waals surface area contributed by atoms with Crippen LogP contribution < -0.4 is 0 Å². The Labute approximate surface area is 305 Å². The lowest BCUT2D eigenvalue weighted by Gasteiger charge is -2.18. The van der Waals surface area contributed by atoms with Crippen LogP contribution in [0.4, 0.5) is 0 Å².